The Labute approximate surface area is 135 Å². The van der Waals surface area contributed by atoms with Gasteiger partial charge in [0.15, 0.2) is 0 Å². The molecule has 0 heterocycles. The Bertz CT molecular complexity index is 710. The Kier molecular flexibility index (Phi) is 5.36. The normalized spacial score (nSPS) is 10.3. The van der Waals surface area contributed by atoms with E-state index in [1.54, 1.807) is 62.4 Å². The minimum atomic E-state index is -0.423. The monoisotopic (exact) mass is 313 g/mol. The molecule has 5 nitrogen and oxygen atoms in total. The van der Waals surface area contributed by atoms with Gasteiger partial charge in [0, 0.05) is 5.69 Å². The molecule has 1 amide bonds. The van der Waals surface area contributed by atoms with Gasteiger partial charge in [-0.3, -0.25) is 4.79 Å². The third kappa shape index (κ3) is 4.32. The summed E-state index contributed by atoms with van der Waals surface area (Å²) in [5, 5.41) is 2.75. The Morgan fingerprint density at radius 3 is 2.48 bits per heavy atom. The Morgan fingerprint density at radius 2 is 1.78 bits per heavy atom. The molecule has 0 fully saturated rings. The summed E-state index contributed by atoms with van der Waals surface area (Å²) in [4.78, 5) is 24.3. The van der Waals surface area contributed by atoms with Crippen LogP contribution in [0.2, 0.25) is 0 Å². The Balaban J connectivity index is 2.17. The largest absolute Gasteiger partial charge is 0.496 e. The lowest BCUT2D eigenvalue weighted by Crippen LogP contribution is -2.15. The molecule has 5 heteroatoms. The summed E-state index contributed by atoms with van der Waals surface area (Å²) < 4.78 is 10.3. The number of rotatable bonds is 5. The van der Waals surface area contributed by atoms with Crippen molar-refractivity contribution in [1.82, 2.24) is 0 Å². The molecule has 120 valence electrons. The molecular formula is C18H19NO4. The molecular weight excluding hydrogens is 294 g/mol. The fraction of sp³-hybridized carbons (Fsp3) is 0.222. The maximum absolute atomic E-state index is 12.3. The highest BCUT2D eigenvalue weighted by molar-refractivity contribution is 6.06. The molecule has 0 aliphatic carbocycles. The quantitative estimate of drug-likeness (QED) is 0.858. The van der Waals surface area contributed by atoms with E-state index < -0.39 is 5.97 Å². The van der Waals surface area contributed by atoms with E-state index in [1.807, 2.05) is 0 Å². The summed E-state index contributed by atoms with van der Waals surface area (Å²) in [6, 6.07) is 13.6. The zero-order chi connectivity index (χ0) is 16.8. The number of ether oxygens (including phenoxy) is 2. The van der Waals surface area contributed by atoms with Crippen LogP contribution in [0.25, 0.3) is 0 Å². The van der Waals surface area contributed by atoms with Crippen LogP contribution in [-0.4, -0.2) is 25.1 Å². The van der Waals surface area contributed by atoms with Crippen molar-refractivity contribution in [3.63, 3.8) is 0 Å². The van der Waals surface area contributed by atoms with Crippen LogP contribution in [0.1, 0.15) is 34.6 Å². The number of esters is 1. The second kappa shape index (κ2) is 7.45. The molecule has 0 atom stereocenters. The SMILES string of the molecule is COc1ccccc1C(=O)Nc1cccc(C(=O)OC(C)C)c1. The number of nitrogens with one attached hydrogen (secondary N) is 1. The van der Waals surface area contributed by atoms with E-state index in [9.17, 15) is 9.59 Å². The summed E-state index contributed by atoms with van der Waals surface area (Å²) in [7, 11) is 1.51. The summed E-state index contributed by atoms with van der Waals surface area (Å²) in [6.07, 6.45) is -0.200. The summed E-state index contributed by atoms with van der Waals surface area (Å²) >= 11 is 0. The molecule has 0 saturated carbocycles. The molecule has 2 aromatic rings. The lowest BCUT2D eigenvalue weighted by atomic mass is 10.1. The Hall–Kier alpha value is -2.82. The number of hydrogen-bond donors (Lipinski definition) is 1. The average molecular weight is 313 g/mol. The molecule has 0 aliphatic rings. The first-order chi connectivity index (χ1) is 11.0. The third-order valence-electron chi connectivity index (χ3n) is 3.05. The topological polar surface area (TPSA) is 64.6 Å². The van der Waals surface area contributed by atoms with Gasteiger partial charge >= 0.3 is 5.97 Å². The van der Waals surface area contributed by atoms with Gasteiger partial charge in [-0.15, -0.1) is 0 Å². The second-order valence-corrected chi connectivity index (χ2v) is 5.19. The predicted octanol–water partition coefficient (Wildman–Crippen LogP) is 3.51. The van der Waals surface area contributed by atoms with E-state index in [-0.39, 0.29) is 12.0 Å². The maximum atomic E-state index is 12.3. The molecule has 2 aromatic carbocycles. The number of methoxy groups -OCH3 is 1. The maximum Gasteiger partial charge on any atom is 0.338 e. The van der Waals surface area contributed by atoms with E-state index in [0.717, 1.165) is 0 Å². The molecule has 1 N–H and O–H groups in total. The van der Waals surface area contributed by atoms with Gasteiger partial charge in [0.05, 0.1) is 24.3 Å². The van der Waals surface area contributed by atoms with Gasteiger partial charge in [0.2, 0.25) is 0 Å². The van der Waals surface area contributed by atoms with Gasteiger partial charge < -0.3 is 14.8 Å². The van der Waals surface area contributed by atoms with E-state index in [1.165, 1.54) is 7.11 Å². The number of amides is 1. The highest BCUT2D eigenvalue weighted by Crippen LogP contribution is 2.20. The fourth-order valence-corrected chi connectivity index (χ4v) is 2.04. The standard InChI is InChI=1S/C18H19NO4/c1-12(2)23-18(21)13-7-6-8-14(11-13)19-17(20)15-9-4-5-10-16(15)22-3/h4-12H,1-3H3,(H,19,20). The number of carbonyl (C=O) groups is 2. The molecule has 0 bridgehead atoms. The fourth-order valence-electron chi connectivity index (χ4n) is 2.04. The number of benzene rings is 2. The van der Waals surface area contributed by atoms with Crippen molar-refractivity contribution in [3.05, 3.63) is 59.7 Å². The van der Waals surface area contributed by atoms with E-state index >= 15 is 0 Å². The molecule has 0 radical (unpaired) electrons. The predicted molar refractivity (Wildman–Crippen MR) is 87.9 cm³/mol. The van der Waals surface area contributed by atoms with Crippen LogP contribution in [0.5, 0.6) is 5.75 Å². The van der Waals surface area contributed by atoms with Crippen LogP contribution in [-0.2, 0) is 4.74 Å². The minimum absolute atomic E-state index is 0.200. The van der Waals surface area contributed by atoms with Gasteiger partial charge in [0.25, 0.3) is 5.91 Å². The van der Waals surface area contributed by atoms with Crippen molar-refractivity contribution in [2.75, 3.05) is 12.4 Å². The van der Waals surface area contributed by atoms with Crippen molar-refractivity contribution < 1.29 is 19.1 Å². The van der Waals surface area contributed by atoms with Crippen LogP contribution in [0.4, 0.5) is 5.69 Å². The van der Waals surface area contributed by atoms with E-state index in [2.05, 4.69) is 5.32 Å². The van der Waals surface area contributed by atoms with E-state index in [0.29, 0.717) is 22.6 Å². The summed E-state index contributed by atoms with van der Waals surface area (Å²) in [5.41, 5.74) is 1.32. The van der Waals surface area contributed by atoms with E-state index in [4.69, 9.17) is 9.47 Å². The van der Waals surface area contributed by atoms with Crippen molar-refractivity contribution in [2.24, 2.45) is 0 Å². The minimum Gasteiger partial charge on any atom is -0.496 e. The zero-order valence-corrected chi connectivity index (χ0v) is 13.3. The number of hydrogen-bond acceptors (Lipinski definition) is 4. The number of carbonyl (C=O) groups excluding carboxylic acids is 2. The summed E-state index contributed by atoms with van der Waals surface area (Å²) in [6.45, 7) is 3.57. The smallest absolute Gasteiger partial charge is 0.338 e. The van der Waals surface area contributed by atoms with Gasteiger partial charge in [-0.25, -0.2) is 4.79 Å². The van der Waals surface area contributed by atoms with Crippen molar-refractivity contribution in [1.29, 1.82) is 0 Å². The van der Waals surface area contributed by atoms with Gasteiger partial charge in [-0.05, 0) is 44.2 Å². The zero-order valence-electron chi connectivity index (χ0n) is 13.3. The van der Waals surface area contributed by atoms with Crippen LogP contribution in [0.3, 0.4) is 0 Å². The van der Waals surface area contributed by atoms with Crippen LogP contribution < -0.4 is 10.1 Å². The molecule has 0 unspecified atom stereocenters. The third-order valence-corrected chi connectivity index (χ3v) is 3.05. The highest BCUT2D eigenvalue weighted by atomic mass is 16.5. The van der Waals surface area contributed by atoms with Gasteiger partial charge in [0.1, 0.15) is 5.75 Å². The molecule has 0 aliphatic heterocycles. The van der Waals surface area contributed by atoms with Crippen molar-refractivity contribution >= 4 is 17.6 Å². The molecule has 0 saturated heterocycles. The van der Waals surface area contributed by atoms with Crippen molar-refractivity contribution in [3.8, 4) is 5.75 Å². The van der Waals surface area contributed by atoms with Crippen LogP contribution >= 0.6 is 0 Å². The molecule has 2 rings (SSSR count). The van der Waals surface area contributed by atoms with Gasteiger partial charge in [-0.1, -0.05) is 18.2 Å². The first-order valence-corrected chi connectivity index (χ1v) is 7.26. The number of para-hydroxylation sites is 1. The van der Waals surface area contributed by atoms with Gasteiger partial charge in [-0.2, -0.15) is 0 Å². The van der Waals surface area contributed by atoms with Crippen LogP contribution in [0, 0.1) is 0 Å². The average Bonchev–Trinajstić information content (AvgIpc) is 2.54. The lowest BCUT2D eigenvalue weighted by molar-refractivity contribution is 0.0378. The summed E-state index contributed by atoms with van der Waals surface area (Å²) in [5.74, 6) is -0.245. The molecule has 0 spiro atoms. The van der Waals surface area contributed by atoms with Crippen LogP contribution in [0.15, 0.2) is 48.5 Å². The highest BCUT2D eigenvalue weighted by Gasteiger charge is 2.13. The Morgan fingerprint density at radius 1 is 1.04 bits per heavy atom. The molecule has 0 aromatic heterocycles. The molecule has 23 heavy (non-hydrogen) atoms. The first kappa shape index (κ1) is 16.5. The second-order valence-electron chi connectivity index (χ2n) is 5.19. The first-order valence-electron chi connectivity index (χ1n) is 7.26. The lowest BCUT2D eigenvalue weighted by Gasteiger charge is -2.11. The van der Waals surface area contributed by atoms with Crippen molar-refractivity contribution in [2.45, 2.75) is 20.0 Å². The number of anilines is 1.